The van der Waals surface area contributed by atoms with Crippen LogP contribution in [0.2, 0.25) is 0 Å². The first kappa shape index (κ1) is 21.8. The van der Waals surface area contributed by atoms with E-state index in [1.54, 1.807) is 6.07 Å². The number of hydrogen-bond donors (Lipinski definition) is 2. The maximum atomic E-state index is 13.7. The predicted octanol–water partition coefficient (Wildman–Crippen LogP) is 4.68. The van der Waals surface area contributed by atoms with Crippen molar-refractivity contribution in [3.8, 4) is 0 Å². The number of benzene rings is 2. The molecule has 4 aromatic rings. The molecule has 6 nitrogen and oxygen atoms in total. The number of amides is 1. The molecule has 0 aliphatic heterocycles. The minimum absolute atomic E-state index is 0.0169. The number of halogens is 1. The predicted molar refractivity (Wildman–Crippen MR) is 122 cm³/mol. The monoisotopic (exact) mass is 434 g/mol. The summed E-state index contributed by atoms with van der Waals surface area (Å²) >= 11 is 0. The summed E-state index contributed by atoms with van der Waals surface area (Å²) in [6.07, 6.45) is 4.22. The Bertz CT molecular complexity index is 1200. The van der Waals surface area contributed by atoms with Gasteiger partial charge in [-0.15, -0.1) is 0 Å². The zero-order valence-corrected chi connectivity index (χ0v) is 18.3. The number of para-hydroxylation sites is 1. The molecule has 0 saturated heterocycles. The van der Waals surface area contributed by atoms with Crippen LogP contribution in [0.1, 0.15) is 41.4 Å². The second-order valence-corrected chi connectivity index (χ2v) is 8.20. The zero-order valence-electron chi connectivity index (χ0n) is 18.3. The van der Waals surface area contributed by atoms with Crippen LogP contribution in [0.25, 0.3) is 10.9 Å². The summed E-state index contributed by atoms with van der Waals surface area (Å²) in [6, 6.07) is 14.8. The molecule has 0 aliphatic rings. The molecule has 0 atom stereocenters. The Morgan fingerprint density at radius 2 is 2.03 bits per heavy atom. The molecule has 2 aromatic carbocycles. The SMILES string of the molecule is CC(C)NC(=O)c1coc(CN(CCc2c[nH]c3ccccc23)Cc2cccc(F)c2)n1. The van der Waals surface area contributed by atoms with Gasteiger partial charge in [0.1, 0.15) is 12.1 Å². The van der Waals surface area contributed by atoms with Crippen molar-refractivity contribution in [1.82, 2.24) is 20.2 Å². The van der Waals surface area contributed by atoms with E-state index in [4.69, 9.17) is 4.42 Å². The first-order valence-corrected chi connectivity index (χ1v) is 10.7. The number of aromatic amines is 1. The number of nitrogens with zero attached hydrogens (tertiary/aromatic N) is 2. The van der Waals surface area contributed by atoms with E-state index in [0.29, 0.717) is 25.5 Å². The van der Waals surface area contributed by atoms with E-state index in [2.05, 4.69) is 32.3 Å². The molecule has 0 spiro atoms. The standard InChI is InChI=1S/C25H27FN4O2/c1-17(2)28-25(31)23-16-32-24(29-23)15-30(14-18-6-5-7-20(26)12-18)11-10-19-13-27-22-9-4-3-8-21(19)22/h3-9,12-13,16-17,27H,10-11,14-15H2,1-2H3,(H,28,31). The van der Waals surface area contributed by atoms with Crippen molar-refractivity contribution in [3.05, 3.63) is 89.5 Å². The number of hydrogen-bond acceptors (Lipinski definition) is 4. The quantitative estimate of drug-likeness (QED) is 0.401. The molecule has 32 heavy (non-hydrogen) atoms. The Morgan fingerprint density at radius 3 is 2.84 bits per heavy atom. The van der Waals surface area contributed by atoms with Crippen LogP contribution in [-0.2, 0) is 19.5 Å². The van der Waals surface area contributed by atoms with Crippen LogP contribution >= 0.6 is 0 Å². The highest BCUT2D eigenvalue weighted by Gasteiger charge is 2.16. The molecule has 166 valence electrons. The number of fused-ring (bicyclic) bond motifs is 1. The number of oxazole rings is 1. The highest BCUT2D eigenvalue weighted by molar-refractivity contribution is 5.92. The average molecular weight is 435 g/mol. The summed E-state index contributed by atoms with van der Waals surface area (Å²) in [5.41, 5.74) is 3.45. The van der Waals surface area contributed by atoms with Gasteiger partial charge in [-0.1, -0.05) is 30.3 Å². The molecule has 0 aliphatic carbocycles. The minimum Gasteiger partial charge on any atom is -0.447 e. The molecule has 2 heterocycles. The number of nitrogens with one attached hydrogen (secondary N) is 2. The largest absolute Gasteiger partial charge is 0.447 e. The maximum Gasteiger partial charge on any atom is 0.273 e. The third-order valence-electron chi connectivity index (χ3n) is 5.23. The first-order valence-electron chi connectivity index (χ1n) is 10.7. The Morgan fingerprint density at radius 1 is 1.19 bits per heavy atom. The second kappa shape index (κ2) is 9.78. The highest BCUT2D eigenvalue weighted by atomic mass is 19.1. The van der Waals surface area contributed by atoms with E-state index in [0.717, 1.165) is 17.5 Å². The van der Waals surface area contributed by atoms with Gasteiger partial charge in [0.25, 0.3) is 5.91 Å². The van der Waals surface area contributed by atoms with E-state index in [-0.39, 0.29) is 23.5 Å². The van der Waals surface area contributed by atoms with Crippen molar-refractivity contribution in [2.24, 2.45) is 0 Å². The number of carbonyl (C=O) groups excluding carboxylic acids is 1. The van der Waals surface area contributed by atoms with Crippen molar-refractivity contribution in [2.75, 3.05) is 6.54 Å². The fourth-order valence-corrected chi connectivity index (χ4v) is 3.74. The number of H-pyrrole nitrogens is 1. The molecule has 1 amide bonds. The number of carbonyl (C=O) groups is 1. The van der Waals surface area contributed by atoms with Crippen molar-refractivity contribution in [2.45, 2.75) is 39.4 Å². The first-order chi connectivity index (χ1) is 15.5. The van der Waals surface area contributed by atoms with Crippen molar-refractivity contribution in [1.29, 1.82) is 0 Å². The van der Waals surface area contributed by atoms with E-state index < -0.39 is 0 Å². The van der Waals surface area contributed by atoms with Gasteiger partial charge in [-0.05, 0) is 49.6 Å². The van der Waals surface area contributed by atoms with Gasteiger partial charge in [0, 0.05) is 36.2 Å². The molecular formula is C25H27FN4O2. The lowest BCUT2D eigenvalue weighted by Crippen LogP contribution is -2.30. The molecule has 0 unspecified atom stereocenters. The molecular weight excluding hydrogens is 407 g/mol. The summed E-state index contributed by atoms with van der Waals surface area (Å²) in [7, 11) is 0. The lowest BCUT2D eigenvalue weighted by atomic mass is 10.1. The number of aromatic nitrogens is 2. The molecule has 7 heteroatoms. The van der Waals surface area contributed by atoms with E-state index in [1.165, 1.54) is 29.3 Å². The molecule has 4 rings (SSSR count). The molecule has 0 saturated carbocycles. The van der Waals surface area contributed by atoms with E-state index >= 15 is 0 Å². The van der Waals surface area contributed by atoms with Gasteiger partial charge >= 0.3 is 0 Å². The summed E-state index contributed by atoms with van der Waals surface area (Å²) in [5, 5.41) is 4.01. The second-order valence-electron chi connectivity index (χ2n) is 8.20. The van der Waals surface area contributed by atoms with Crippen LogP contribution in [0.4, 0.5) is 4.39 Å². The van der Waals surface area contributed by atoms with Crippen molar-refractivity contribution in [3.63, 3.8) is 0 Å². The number of rotatable bonds is 9. The summed E-state index contributed by atoms with van der Waals surface area (Å²) in [4.78, 5) is 22.0. The van der Waals surface area contributed by atoms with E-state index in [9.17, 15) is 9.18 Å². The van der Waals surface area contributed by atoms with Crippen LogP contribution < -0.4 is 5.32 Å². The normalized spacial score (nSPS) is 11.5. The molecule has 0 fully saturated rings. The van der Waals surface area contributed by atoms with Crippen LogP contribution in [-0.4, -0.2) is 33.4 Å². The Balaban J connectivity index is 1.50. The molecule has 0 bridgehead atoms. The Labute approximate surface area is 186 Å². The molecule has 2 N–H and O–H groups in total. The van der Waals surface area contributed by atoms with Crippen LogP contribution in [0.15, 0.2) is 65.4 Å². The van der Waals surface area contributed by atoms with E-state index in [1.807, 2.05) is 38.2 Å². The third-order valence-corrected chi connectivity index (χ3v) is 5.23. The fraction of sp³-hybridized carbons (Fsp3) is 0.280. The summed E-state index contributed by atoms with van der Waals surface area (Å²) in [5.74, 6) is -0.0671. The Kier molecular flexibility index (Phi) is 6.66. The van der Waals surface area contributed by atoms with Crippen LogP contribution in [0, 0.1) is 5.82 Å². The van der Waals surface area contributed by atoms with Gasteiger partial charge in [0.2, 0.25) is 5.89 Å². The van der Waals surface area contributed by atoms with Crippen LogP contribution in [0.5, 0.6) is 0 Å². The zero-order chi connectivity index (χ0) is 22.5. The maximum absolute atomic E-state index is 13.7. The van der Waals surface area contributed by atoms with Gasteiger partial charge in [-0.3, -0.25) is 9.69 Å². The lowest BCUT2D eigenvalue weighted by molar-refractivity contribution is 0.0938. The average Bonchev–Trinajstić information content (AvgIpc) is 3.39. The summed E-state index contributed by atoms with van der Waals surface area (Å²) in [6.45, 7) is 5.45. The van der Waals surface area contributed by atoms with Gasteiger partial charge in [0.05, 0.1) is 6.54 Å². The van der Waals surface area contributed by atoms with Gasteiger partial charge < -0.3 is 14.7 Å². The minimum atomic E-state index is -0.261. The lowest BCUT2D eigenvalue weighted by Gasteiger charge is -2.21. The van der Waals surface area contributed by atoms with Gasteiger partial charge in [0.15, 0.2) is 5.69 Å². The fourth-order valence-electron chi connectivity index (χ4n) is 3.74. The summed E-state index contributed by atoms with van der Waals surface area (Å²) < 4.78 is 19.3. The Hall–Kier alpha value is -3.45. The third kappa shape index (κ3) is 5.42. The van der Waals surface area contributed by atoms with Crippen LogP contribution in [0.3, 0.4) is 0 Å². The molecule has 2 aromatic heterocycles. The smallest absolute Gasteiger partial charge is 0.273 e. The highest BCUT2D eigenvalue weighted by Crippen LogP contribution is 2.19. The molecule has 0 radical (unpaired) electrons. The van der Waals surface area contributed by atoms with Gasteiger partial charge in [-0.2, -0.15) is 0 Å². The topological polar surface area (TPSA) is 74.2 Å². The van der Waals surface area contributed by atoms with Crippen molar-refractivity contribution >= 4 is 16.8 Å². The van der Waals surface area contributed by atoms with Crippen molar-refractivity contribution < 1.29 is 13.6 Å². The van der Waals surface area contributed by atoms with Gasteiger partial charge in [-0.25, -0.2) is 9.37 Å².